The molecule has 0 heteroatoms. The molecule has 0 atom stereocenters. The van der Waals surface area contributed by atoms with Crippen molar-refractivity contribution in [3.8, 4) is 0 Å². The molecule has 1 fully saturated rings. The van der Waals surface area contributed by atoms with Gasteiger partial charge in [-0.05, 0) is 12.8 Å². The van der Waals surface area contributed by atoms with Gasteiger partial charge in [0.1, 0.15) is 11.6 Å². The van der Waals surface area contributed by atoms with E-state index in [1.807, 2.05) is 0 Å². The van der Waals surface area contributed by atoms with Crippen LogP contribution in [0.4, 0.5) is 0 Å². The third kappa shape index (κ3) is 1.49. The minimum atomic E-state index is 0.812. The molecule has 7 heavy (non-hydrogen) atoms. The maximum Gasteiger partial charge on any atom is 0.146 e. The zero-order valence-corrected chi connectivity index (χ0v) is 4.33. The monoisotopic (exact) mass is 92.1 g/mol. The van der Waals surface area contributed by atoms with Crippen LogP contribution in [0.5, 0.6) is 0 Å². The van der Waals surface area contributed by atoms with Crippen molar-refractivity contribution in [2.45, 2.75) is 12.8 Å². The van der Waals surface area contributed by atoms with Crippen molar-refractivity contribution in [1.82, 2.24) is 0 Å². The fourth-order valence-electron chi connectivity index (χ4n) is 0.437. The topological polar surface area (TPSA) is 0 Å². The fourth-order valence-corrected chi connectivity index (χ4v) is 0.437. The molecule has 1 aliphatic rings. The lowest BCUT2D eigenvalue weighted by Gasteiger charge is -1.62. The van der Waals surface area contributed by atoms with Crippen molar-refractivity contribution in [3.05, 3.63) is 30.7 Å². The standard InChI is InChI=1S/C7H8/c1-6(2)5-7-3-4-7/h1-4H2/q+1. The van der Waals surface area contributed by atoms with E-state index in [1.54, 1.807) is 0 Å². The first-order valence-electron chi connectivity index (χ1n) is 2.41. The van der Waals surface area contributed by atoms with E-state index in [-0.39, 0.29) is 0 Å². The Labute approximate surface area is 44.5 Å². The summed E-state index contributed by atoms with van der Waals surface area (Å²) in [5.41, 5.74) is 2.19. The summed E-state index contributed by atoms with van der Waals surface area (Å²) in [7, 11) is 0. The lowest BCUT2D eigenvalue weighted by molar-refractivity contribution is 1.50. The van der Waals surface area contributed by atoms with E-state index in [4.69, 9.17) is 0 Å². The van der Waals surface area contributed by atoms with E-state index in [2.05, 4.69) is 19.6 Å². The highest BCUT2D eigenvalue weighted by Crippen LogP contribution is 2.27. The molecule has 0 aromatic heterocycles. The lowest BCUT2D eigenvalue weighted by Crippen LogP contribution is -1.58. The van der Waals surface area contributed by atoms with Gasteiger partial charge in [-0.3, -0.25) is 0 Å². The molecule has 0 saturated heterocycles. The predicted octanol–water partition coefficient (Wildman–Crippen LogP) is 1.90. The molecule has 0 bridgehead atoms. The summed E-state index contributed by atoms with van der Waals surface area (Å²) >= 11 is 0. The van der Waals surface area contributed by atoms with Crippen LogP contribution < -0.4 is 0 Å². The van der Waals surface area contributed by atoms with Gasteiger partial charge in [0.05, 0.1) is 0 Å². The average molecular weight is 92.1 g/mol. The second-order valence-corrected chi connectivity index (χ2v) is 1.83. The molecule has 0 aromatic rings. The largest absolute Gasteiger partial charge is 0.146 e. The molecule has 1 radical (unpaired) electrons. The van der Waals surface area contributed by atoms with Gasteiger partial charge in [0.25, 0.3) is 0 Å². The maximum atomic E-state index is 3.59. The summed E-state index contributed by atoms with van der Waals surface area (Å²) in [5.74, 6) is 0. The van der Waals surface area contributed by atoms with Gasteiger partial charge >= 0.3 is 0 Å². The quantitative estimate of drug-likeness (QED) is 0.433. The van der Waals surface area contributed by atoms with Crippen LogP contribution in [0, 0.1) is 13.0 Å². The summed E-state index contributed by atoms with van der Waals surface area (Å²) in [6.07, 6.45) is 5.46. The first kappa shape index (κ1) is 4.51. The van der Waals surface area contributed by atoms with E-state index in [0.717, 1.165) is 5.57 Å². The zero-order chi connectivity index (χ0) is 5.28. The van der Waals surface area contributed by atoms with Gasteiger partial charge < -0.3 is 0 Å². The van der Waals surface area contributed by atoms with Gasteiger partial charge in [0.15, 0.2) is 0 Å². The average Bonchev–Trinajstić information content (AvgIpc) is 2.17. The molecule has 1 aliphatic carbocycles. The lowest BCUT2D eigenvalue weighted by atomic mass is 10.3. The molecular formula is C7H8+. The maximum absolute atomic E-state index is 3.59. The van der Waals surface area contributed by atoms with E-state index >= 15 is 0 Å². The summed E-state index contributed by atoms with van der Waals surface area (Å²) in [5, 5.41) is 0. The second-order valence-electron chi connectivity index (χ2n) is 1.83. The van der Waals surface area contributed by atoms with Gasteiger partial charge in [-0.25, -0.2) is 0 Å². The number of hydrogen-bond acceptors (Lipinski definition) is 0. The van der Waals surface area contributed by atoms with Crippen LogP contribution in [0.25, 0.3) is 0 Å². The Balaban J connectivity index is 2.45. The highest BCUT2D eigenvalue weighted by atomic mass is 14.1. The van der Waals surface area contributed by atoms with Crippen molar-refractivity contribution in [3.63, 3.8) is 0 Å². The Bertz CT molecular complexity index is 112. The van der Waals surface area contributed by atoms with Gasteiger partial charge in [-0.1, -0.05) is 0 Å². The highest BCUT2D eigenvalue weighted by molar-refractivity contribution is 5.23. The number of allylic oxidation sites excluding steroid dienone is 3. The third-order valence-corrected chi connectivity index (χ3v) is 0.854. The molecule has 0 spiro atoms. The summed E-state index contributed by atoms with van der Waals surface area (Å²) < 4.78 is 0. The van der Waals surface area contributed by atoms with Crippen LogP contribution in [-0.4, -0.2) is 0 Å². The third-order valence-electron chi connectivity index (χ3n) is 0.854. The Kier molecular flexibility index (Phi) is 0.935. The molecule has 0 aromatic carbocycles. The molecular weight excluding hydrogens is 84.1 g/mol. The van der Waals surface area contributed by atoms with E-state index in [1.165, 1.54) is 18.4 Å². The molecule has 1 rings (SSSR count). The number of rotatable bonds is 1. The van der Waals surface area contributed by atoms with Gasteiger partial charge in [-0.15, -0.1) is 0 Å². The van der Waals surface area contributed by atoms with Crippen LogP contribution in [0.15, 0.2) is 17.7 Å². The van der Waals surface area contributed by atoms with Gasteiger partial charge in [0, 0.05) is 19.1 Å². The summed E-state index contributed by atoms with van der Waals surface area (Å²) in [6.45, 7) is 7.18. The molecule has 1 saturated carbocycles. The van der Waals surface area contributed by atoms with E-state index in [0.29, 0.717) is 0 Å². The van der Waals surface area contributed by atoms with E-state index in [9.17, 15) is 0 Å². The second kappa shape index (κ2) is 1.45. The van der Waals surface area contributed by atoms with Crippen LogP contribution in [0.3, 0.4) is 0 Å². The van der Waals surface area contributed by atoms with Crippen molar-refractivity contribution >= 4 is 0 Å². The minimum Gasteiger partial charge on any atom is -0.0124 e. The van der Waals surface area contributed by atoms with Gasteiger partial charge in [-0.2, -0.15) is 0 Å². The van der Waals surface area contributed by atoms with Crippen molar-refractivity contribution in [2.24, 2.45) is 0 Å². The molecule has 35 valence electrons. The molecule has 0 heterocycles. The highest BCUT2D eigenvalue weighted by Gasteiger charge is 2.15. The Morgan fingerprint density at radius 1 is 1.71 bits per heavy atom. The van der Waals surface area contributed by atoms with Crippen molar-refractivity contribution in [1.29, 1.82) is 0 Å². The first-order chi connectivity index (χ1) is 3.29. The minimum absolute atomic E-state index is 0.812. The smallest absolute Gasteiger partial charge is 0.0124 e. The van der Waals surface area contributed by atoms with Crippen LogP contribution in [0.1, 0.15) is 12.8 Å². The Morgan fingerprint density at radius 2 is 2.29 bits per heavy atom. The molecule has 0 amide bonds. The predicted molar refractivity (Wildman–Crippen MR) is 30.5 cm³/mol. The van der Waals surface area contributed by atoms with Crippen molar-refractivity contribution in [2.75, 3.05) is 0 Å². The summed E-state index contributed by atoms with van der Waals surface area (Å²) in [6, 6.07) is 0. The van der Waals surface area contributed by atoms with Crippen LogP contribution >= 0.6 is 0 Å². The van der Waals surface area contributed by atoms with Gasteiger partial charge in [0.2, 0.25) is 0 Å². The number of hydrogen-bond donors (Lipinski definition) is 0. The molecule has 0 unspecified atom stereocenters. The SMILES string of the molecule is C=C([CH2+])[C]=C1CC1. The van der Waals surface area contributed by atoms with Crippen molar-refractivity contribution < 1.29 is 0 Å². The molecule has 0 nitrogen and oxygen atoms in total. The fraction of sp³-hybridized carbons (Fsp3) is 0.286. The Morgan fingerprint density at radius 3 is 2.43 bits per heavy atom. The summed E-state index contributed by atoms with van der Waals surface area (Å²) in [4.78, 5) is 0. The zero-order valence-electron chi connectivity index (χ0n) is 4.33. The first-order valence-corrected chi connectivity index (χ1v) is 2.41. The Hall–Kier alpha value is -0.650. The van der Waals surface area contributed by atoms with Crippen LogP contribution in [-0.2, 0) is 0 Å². The van der Waals surface area contributed by atoms with Crippen LogP contribution in [0.2, 0.25) is 0 Å². The molecule has 0 aliphatic heterocycles. The normalized spacial score (nSPS) is 16.3. The molecule has 0 N–H and O–H groups in total. The van der Waals surface area contributed by atoms with E-state index < -0.39 is 0 Å².